The van der Waals surface area contributed by atoms with Crippen molar-refractivity contribution in [2.45, 2.75) is 25.8 Å². The molecule has 2 fully saturated rings. The van der Waals surface area contributed by atoms with Gasteiger partial charge in [-0.25, -0.2) is 0 Å². The monoisotopic (exact) mass is 372 g/mol. The Morgan fingerprint density at radius 1 is 0.731 bits per heavy atom. The number of rotatable bonds is 4. The van der Waals surface area contributed by atoms with Crippen molar-refractivity contribution >= 4 is 23.5 Å². The second-order valence-electron chi connectivity index (χ2n) is 7.00. The van der Waals surface area contributed by atoms with E-state index in [9.17, 15) is 0 Å². The Labute approximate surface area is 159 Å². The van der Waals surface area contributed by atoms with Gasteiger partial charge in [0.2, 0.25) is 17.2 Å². The predicted molar refractivity (Wildman–Crippen MR) is 105 cm³/mol. The molecule has 2 aliphatic rings. The van der Waals surface area contributed by atoms with Gasteiger partial charge in [0.15, 0.2) is 0 Å². The van der Waals surface area contributed by atoms with E-state index < -0.39 is 0 Å². The molecule has 3 heterocycles. The van der Waals surface area contributed by atoms with Crippen molar-refractivity contribution < 1.29 is 0 Å². The largest absolute Gasteiger partial charge is 0.341 e. The lowest BCUT2D eigenvalue weighted by Crippen LogP contribution is -2.46. The number of benzene rings is 1. The molecule has 1 aromatic carbocycles. The Bertz CT molecular complexity index is 711. The van der Waals surface area contributed by atoms with E-state index in [2.05, 4.69) is 55.0 Å². The number of piperazine rings is 1. The van der Waals surface area contributed by atoms with Gasteiger partial charge in [0, 0.05) is 45.8 Å². The molecule has 2 aromatic rings. The maximum absolute atomic E-state index is 6.20. The van der Waals surface area contributed by atoms with Crippen LogP contribution in [0.1, 0.15) is 24.8 Å². The first-order valence-corrected chi connectivity index (χ1v) is 9.83. The molecule has 0 radical (unpaired) electrons. The topological polar surface area (TPSA) is 48.4 Å². The molecule has 0 amide bonds. The van der Waals surface area contributed by atoms with Gasteiger partial charge in [-0.1, -0.05) is 30.3 Å². The first-order chi connectivity index (χ1) is 12.8. The van der Waals surface area contributed by atoms with Crippen molar-refractivity contribution in [3.8, 4) is 0 Å². The SMILES string of the molecule is Clc1nc(N2CCCCC2)nc(N2CCN(Cc3ccccc3)CC2)n1. The molecule has 4 rings (SSSR count). The number of aromatic nitrogens is 3. The first-order valence-electron chi connectivity index (χ1n) is 9.46. The average molecular weight is 373 g/mol. The Hall–Kier alpha value is -1.92. The molecule has 1 aromatic heterocycles. The number of piperidine rings is 1. The second-order valence-corrected chi connectivity index (χ2v) is 7.34. The summed E-state index contributed by atoms with van der Waals surface area (Å²) >= 11 is 6.20. The summed E-state index contributed by atoms with van der Waals surface area (Å²) in [5.74, 6) is 1.44. The van der Waals surface area contributed by atoms with E-state index in [1.54, 1.807) is 0 Å². The van der Waals surface area contributed by atoms with Crippen molar-refractivity contribution in [1.82, 2.24) is 19.9 Å². The Morgan fingerprint density at radius 2 is 1.35 bits per heavy atom. The molecular formula is C19H25ClN6. The lowest BCUT2D eigenvalue weighted by atomic mass is 10.1. The first kappa shape index (κ1) is 17.5. The van der Waals surface area contributed by atoms with Gasteiger partial charge in [0.25, 0.3) is 0 Å². The fourth-order valence-corrected chi connectivity index (χ4v) is 3.81. The highest BCUT2D eigenvalue weighted by molar-refractivity contribution is 6.28. The summed E-state index contributed by atoms with van der Waals surface area (Å²) in [6.07, 6.45) is 3.67. The third-order valence-electron chi connectivity index (χ3n) is 5.13. The average Bonchev–Trinajstić information content (AvgIpc) is 2.70. The number of halogens is 1. The van der Waals surface area contributed by atoms with E-state index in [-0.39, 0.29) is 0 Å². The number of hydrogen-bond donors (Lipinski definition) is 0. The minimum atomic E-state index is 0.294. The van der Waals surface area contributed by atoms with Crippen LogP contribution in [0.15, 0.2) is 30.3 Å². The molecule has 0 saturated carbocycles. The van der Waals surface area contributed by atoms with Crippen LogP contribution in [0.4, 0.5) is 11.9 Å². The van der Waals surface area contributed by atoms with Crippen LogP contribution in [0.5, 0.6) is 0 Å². The van der Waals surface area contributed by atoms with Crippen LogP contribution in [-0.2, 0) is 6.54 Å². The summed E-state index contributed by atoms with van der Waals surface area (Å²) in [5, 5.41) is 0.294. The molecule has 0 atom stereocenters. The van der Waals surface area contributed by atoms with Crippen LogP contribution in [0, 0.1) is 0 Å². The summed E-state index contributed by atoms with van der Waals surface area (Å²) in [5.41, 5.74) is 1.36. The minimum absolute atomic E-state index is 0.294. The van der Waals surface area contributed by atoms with Crippen molar-refractivity contribution in [3.63, 3.8) is 0 Å². The van der Waals surface area contributed by atoms with Gasteiger partial charge in [-0.15, -0.1) is 0 Å². The van der Waals surface area contributed by atoms with Crippen molar-refractivity contribution in [2.75, 3.05) is 49.1 Å². The fraction of sp³-hybridized carbons (Fsp3) is 0.526. The highest BCUT2D eigenvalue weighted by Crippen LogP contribution is 2.21. The van der Waals surface area contributed by atoms with E-state index in [4.69, 9.17) is 16.6 Å². The lowest BCUT2D eigenvalue weighted by Gasteiger charge is -2.35. The van der Waals surface area contributed by atoms with E-state index >= 15 is 0 Å². The summed E-state index contributed by atoms with van der Waals surface area (Å²) in [7, 11) is 0. The standard InChI is InChI=1S/C19H25ClN6/c20-17-21-18(25-9-5-2-6-10-25)23-19(22-17)26-13-11-24(12-14-26)15-16-7-3-1-4-8-16/h1,3-4,7-8H,2,5-6,9-15H2. The second kappa shape index (κ2) is 8.18. The molecule has 138 valence electrons. The quantitative estimate of drug-likeness (QED) is 0.822. The van der Waals surface area contributed by atoms with Crippen LogP contribution in [0.25, 0.3) is 0 Å². The van der Waals surface area contributed by atoms with Gasteiger partial charge in [0.05, 0.1) is 0 Å². The molecular weight excluding hydrogens is 348 g/mol. The highest BCUT2D eigenvalue weighted by atomic mass is 35.5. The summed E-state index contributed by atoms with van der Waals surface area (Å²) in [4.78, 5) is 20.4. The van der Waals surface area contributed by atoms with Crippen molar-refractivity contribution in [3.05, 3.63) is 41.2 Å². The molecule has 0 bridgehead atoms. The van der Waals surface area contributed by atoms with Crippen molar-refractivity contribution in [1.29, 1.82) is 0 Å². The van der Waals surface area contributed by atoms with Gasteiger partial charge < -0.3 is 9.80 Å². The van der Waals surface area contributed by atoms with E-state index in [1.165, 1.54) is 24.8 Å². The Balaban J connectivity index is 1.40. The normalized spacial score (nSPS) is 19.0. The maximum Gasteiger partial charge on any atom is 0.231 e. The van der Waals surface area contributed by atoms with Gasteiger partial charge in [-0.3, -0.25) is 4.90 Å². The van der Waals surface area contributed by atoms with Gasteiger partial charge in [0.1, 0.15) is 0 Å². The number of anilines is 2. The zero-order valence-corrected chi connectivity index (χ0v) is 15.8. The van der Waals surface area contributed by atoms with Crippen LogP contribution in [-0.4, -0.2) is 59.1 Å². The zero-order chi connectivity index (χ0) is 17.8. The summed E-state index contributed by atoms with van der Waals surface area (Å²) in [6.45, 7) is 6.81. The summed E-state index contributed by atoms with van der Waals surface area (Å²) in [6, 6.07) is 10.6. The minimum Gasteiger partial charge on any atom is -0.341 e. The molecule has 6 nitrogen and oxygen atoms in total. The molecule has 0 aliphatic carbocycles. The number of nitrogens with zero attached hydrogens (tertiary/aromatic N) is 6. The van der Waals surface area contributed by atoms with Crippen LogP contribution in [0.2, 0.25) is 5.28 Å². The molecule has 0 unspecified atom stereocenters. The Kier molecular flexibility index (Phi) is 5.51. The molecule has 26 heavy (non-hydrogen) atoms. The fourth-order valence-electron chi connectivity index (χ4n) is 3.65. The molecule has 2 aliphatic heterocycles. The van der Waals surface area contributed by atoms with Gasteiger partial charge in [-0.2, -0.15) is 15.0 Å². The smallest absolute Gasteiger partial charge is 0.231 e. The summed E-state index contributed by atoms with van der Waals surface area (Å²) < 4.78 is 0. The lowest BCUT2D eigenvalue weighted by molar-refractivity contribution is 0.248. The number of hydrogen-bond acceptors (Lipinski definition) is 6. The van der Waals surface area contributed by atoms with Crippen LogP contribution in [0.3, 0.4) is 0 Å². The maximum atomic E-state index is 6.20. The van der Waals surface area contributed by atoms with Crippen LogP contribution >= 0.6 is 11.6 Å². The van der Waals surface area contributed by atoms with E-state index in [0.29, 0.717) is 11.2 Å². The van der Waals surface area contributed by atoms with Crippen LogP contribution < -0.4 is 9.80 Å². The molecule has 2 saturated heterocycles. The molecule has 0 spiro atoms. The predicted octanol–water partition coefficient (Wildman–Crippen LogP) is 2.84. The van der Waals surface area contributed by atoms with Crippen molar-refractivity contribution in [2.24, 2.45) is 0 Å². The molecule has 0 N–H and O–H groups in total. The van der Waals surface area contributed by atoms with E-state index in [1.807, 2.05) is 0 Å². The highest BCUT2D eigenvalue weighted by Gasteiger charge is 2.22. The third-order valence-corrected chi connectivity index (χ3v) is 5.30. The molecule has 7 heteroatoms. The van der Waals surface area contributed by atoms with Gasteiger partial charge >= 0.3 is 0 Å². The van der Waals surface area contributed by atoms with E-state index in [0.717, 1.165) is 51.8 Å². The Morgan fingerprint density at radius 3 is 2.00 bits per heavy atom. The third kappa shape index (κ3) is 4.24. The zero-order valence-electron chi connectivity index (χ0n) is 15.0. The van der Waals surface area contributed by atoms with Gasteiger partial charge in [-0.05, 0) is 36.4 Å².